The van der Waals surface area contributed by atoms with E-state index in [2.05, 4.69) is 81.9 Å². The van der Waals surface area contributed by atoms with Crippen LogP contribution in [0.1, 0.15) is 37.5 Å². The average molecular weight is 320 g/mol. The van der Waals surface area contributed by atoms with Gasteiger partial charge in [0, 0.05) is 0 Å². The lowest BCUT2D eigenvalue weighted by Crippen LogP contribution is -2.30. The summed E-state index contributed by atoms with van der Waals surface area (Å²) in [5.74, 6) is 0. The van der Waals surface area contributed by atoms with E-state index in [0.29, 0.717) is 5.41 Å². The minimum atomic E-state index is -0.431. The van der Waals surface area contributed by atoms with Gasteiger partial charge in [0.2, 0.25) is 0 Å². The summed E-state index contributed by atoms with van der Waals surface area (Å²) in [7, 11) is -0.431. The van der Waals surface area contributed by atoms with Crippen molar-refractivity contribution in [2.24, 2.45) is 5.41 Å². The molecule has 1 aliphatic carbocycles. The molecular weight excluding hydrogens is 292 g/mol. The zero-order chi connectivity index (χ0) is 16.4. The van der Waals surface area contributed by atoms with Gasteiger partial charge in [0.25, 0.3) is 0 Å². The molecule has 0 heterocycles. The third kappa shape index (κ3) is 4.03. The van der Waals surface area contributed by atoms with Crippen molar-refractivity contribution < 1.29 is 0 Å². The van der Waals surface area contributed by atoms with Gasteiger partial charge >= 0.3 is 0 Å². The Hall–Kier alpha value is -1.60. The van der Waals surface area contributed by atoms with Gasteiger partial charge in [0.05, 0.1) is 8.80 Å². The summed E-state index contributed by atoms with van der Waals surface area (Å²) in [6.45, 7) is 9.49. The number of rotatable bonds is 4. The lowest BCUT2D eigenvalue weighted by atomic mass is 9.99. The molecule has 0 atom stereocenters. The summed E-state index contributed by atoms with van der Waals surface area (Å²) in [6.07, 6.45) is 4.55. The molecule has 0 saturated heterocycles. The zero-order valence-corrected chi connectivity index (χ0v) is 15.8. The van der Waals surface area contributed by atoms with Crippen molar-refractivity contribution in [2.75, 3.05) is 0 Å². The first-order valence-corrected chi connectivity index (χ1v) is 10.8. The first-order chi connectivity index (χ1) is 10.9. The van der Waals surface area contributed by atoms with Crippen molar-refractivity contribution in [3.63, 3.8) is 0 Å². The third-order valence-electron chi connectivity index (χ3n) is 4.57. The van der Waals surface area contributed by atoms with E-state index in [4.69, 9.17) is 0 Å². The molecule has 0 spiro atoms. The minimum Gasteiger partial charge on any atom is -0.0759 e. The predicted octanol–water partition coefficient (Wildman–Crippen LogP) is 5.25. The number of hydrogen-bond acceptors (Lipinski definition) is 0. The number of benzene rings is 2. The first kappa shape index (κ1) is 16.3. The molecule has 1 heteroatoms. The Kier molecular flexibility index (Phi) is 4.59. The Morgan fingerprint density at radius 2 is 1.65 bits per heavy atom. The smallest absolute Gasteiger partial charge is 0.0759 e. The lowest BCUT2D eigenvalue weighted by Gasteiger charge is -2.22. The predicted molar refractivity (Wildman–Crippen MR) is 104 cm³/mol. The quantitative estimate of drug-likeness (QED) is 0.675. The summed E-state index contributed by atoms with van der Waals surface area (Å²) >= 11 is 0. The molecule has 2 aromatic carbocycles. The van der Waals surface area contributed by atoms with Crippen molar-refractivity contribution in [3.05, 3.63) is 71.3 Å². The van der Waals surface area contributed by atoms with Gasteiger partial charge in [-0.05, 0) is 40.5 Å². The van der Waals surface area contributed by atoms with Crippen LogP contribution in [0.15, 0.2) is 54.6 Å². The molecule has 0 N–H and O–H groups in total. The number of hydrogen-bond donors (Lipinski definition) is 0. The highest BCUT2D eigenvalue weighted by molar-refractivity contribution is 6.72. The second-order valence-electron chi connectivity index (χ2n) is 7.98. The molecule has 2 aromatic rings. The maximum Gasteiger partial charge on any atom is 0.0829 e. The molecule has 119 valence electrons. The molecule has 0 fully saturated rings. The van der Waals surface area contributed by atoms with Crippen molar-refractivity contribution in [2.45, 2.75) is 46.2 Å². The van der Waals surface area contributed by atoms with Gasteiger partial charge in [-0.2, -0.15) is 0 Å². The normalized spacial score (nSPS) is 14.0. The zero-order valence-electron chi connectivity index (χ0n) is 14.8. The molecule has 0 unspecified atom stereocenters. The number of fused-ring (bicyclic) bond motifs is 1. The summed E-state index contributed by atoms with van der Waals surface area (Å²) < 4.78 is 0. The Morgan fingerprint density at radius 1 is 0.957 bits per heavy atom. The van der Waals surface area contributed by atoms with Crippen LogP contribution < -0.4 is 5.19 Å². The molecule has 23 heavy (non-hydrogen) atoms. The summed E-state index contributed by atoms with van der Waals surface area (Å²) in [5, 5.41) is 1.56. The van der Waals surface area contributed by atoms with E-state index in [1.54, 1.807) is 5.19 Å². The van der Waals surface area contributed by atoms with E-state index in [-0.39, 0.29) is 0 Å². The SMILES string of the molecule is C[Si](CC(C)(C)C)c1ccc(CC2=CCc3ccccc32)cc1. The maximum absolute atomic E-state index is 2.45. The van der Waals surface area contributed by atoms with E-state index in [1.807, 2.05) is 0 Å². The van der Waals surface area contributed by atoms with Gasteiger partial charge in [-0.25, -0.2) is 0 Å². The van der Waals surface area contributed by atoms with Crippen LogP contribution in [0.2, 0.25) is 12.6 Å². The molecule has 1 radical (unpaired) electrons. The van der Waals surface area contributed by atoms with Gasteiger partial charge in [0.1, 0.15) is 0 Å². The van der Waals surface area contributed by atoms with Crippen LogP contribution >= 0.6 is 0 Å². The molecule has 0 saturated carbocycles. The van der Waals surface area contributed by atoms with Gasteiger partial charge in [-0.1, -0.05) is 93.2 Å². The Bertz CT molecular complexity index is 701. The Labute approximate surface area is 142 Å². The van der Waals surface area contributed by atoms with E-state index in [9.17, 15) is 0 Å². The van der Waals surface area contributed by atoms with Crippen molar-refractivity contribution in [1.29, 1.82) is 0 Å². The summed E-state index contributed by atoms with van der Waals surface area (Å²) in [5.41, 5.74) is 6.28. The highest BCUT2D eigenvalue weighted by Gasteiger charge is 2.18. The van der Waals surface area contributed by atoms with Crippen molar-refractivity contribution in [1.82, 2.24) is 0 Å². The molecule has 0 bridgehead atoms. The second kappa shape index (κ2) is 6.49. The molecule has 1 aliphatic rings. The van der Waals surface area contributed by atoms with E-state index >= 15 is 0 Å². The van der Waals surface area contributed by atoms with Crippen LogP contribution in [0, 0.1) is 5.41 Å². The Balaban J connectivity index is 1.69. The van der Waals surface area contributed by atoms with Gasteiger partial charge in [0.15, 0.2) is 0 Å². The lowest BCUT2D eigenvalue weighted by molar-refractivity contribution is 0.465. The summed E-state index contributed by atoms with van der Waals surface area (Å²) in [4.78, 5) is 0. The fourth-order valence-electron chi connectivity index (χ4n) is 3.55. The second-order valence-corrected chi connectivity index (χ2v) is 10.5. The van der Waals surface area contributed by atoms with Gasteiger partial charge < -0.3 is 0 Å². The van der Waals surface area contributed by atoms with Gasteiger partial charge in [-0.15, -0.1) is 0 Å². The Morgan fingerprint density at radius 3 is 2.35 bits per heavy atom. The first-order valence-electron chi connectivity index (χ1n) is 8.61. The van der Waals surface area contributed by atoms with E-state index < -0.39 is 8.80 Å². The van der Waals surface area contributed by atoms with Crippen LogP contribution in [-0.4, -0.2) is 8.80 Å². The van der Waals surface area contributed by atoms with Crippen LogP contribution in [-0.2, 0) is 12.8 Å². The van der Waals surface area contributed by atoms with Crippen LogP contribution in [0.4, 0.5) is 0 Å². The fourth-order valence-corrected chi connectivity index (χ4v) is 6.08. The minimum absolute atomic E-state index is 0.431. The van der Waals surface area contributed by atoms with Crippen LogP contribution in [0.25, 0.3) is 5.57 Å². The molecular formula is C22H27Si. The monoisotopic (exact) mass is 319 g/mol. The molecule has 0 aromatic heterocycles. The number of allylic oxidation sites excluding steroid dienone is 2. The average Bonchev–Trinajstić information content (AvgIpc) is 2.90. The fraction of sp³-hybridized carbons (Fsp3) is 0.364. The van der Waals surface area contributed by atoms with Gasteiger partial charge in [-0.3, -0.25) is 0 Å². The molecule has 0 nitrogen and oxygen atoms in total. The van der Waals surface area contributed by atoms with Crippen molar-refractivity contribution >= 4 is 19.6 Å². The van der Waals surface area contributed by atoms with Crippen LogP contribution in [0.5, 0.6) is 0 Å². The molecule has 0 amide bonds. The van der Waals surface area contributed by atoms with E-state index in [1.165, 1.54) is 28.3 Å². The highest BCUT2D eigenvalue weighted by atomic mass is 28.3. The summed E-state index contributed by atoms with van der Waals surface area (Å²) in [6, 6.07) is 19.6. The van der Waals surface area contributed by atoms with Crippen LogP contribution in [0.3, 0.4) is 0 Å². The maximum atomic E-state index is 2.45. The third-order valence-corrected chi connectivity index (χ3v) is 7.48. The molecule has 0 aliphatic heterocycles. The van der Waals surface area contributed by atoms with E-state index in [0.717, 1.165) is 12.8 Å². The molecule has 3 rings (SSSR count). The topological polar surface area (TPSA) is 0 Å². The standard InChI is InChI=1S/C22H27Si/c1-22(2,3)16-23(4)20-13-9-17(10-14-20)15-19-12-11-18-7-5-6-8-21(18)19/h5-10,12-14H,11,15-16H2,1-4H3. The largest absolute Gasteiger partial charge is 0.0829 e. The highest BCUT2D eigenvalue weighted by Crippen LogP contribution is 2.29. The van der Waals surface area contributed by atoms with Crippen molar-refractivity contribution in [3.8, 4) is 0 Å².